The van der Waals surface area contributed by atoms with Gasteiger partial charge in [0.05, 0.1) is 16.6 Å². The Kier molecular flexibility index (Phi) is 6.11. The molecule has 1 aliphatic rings. The molecule has 0 saturated carbocycles. The number of aromatic nitrogens is 2. The lowest BCUT2D eigenvalue weighted by Gasteiger charge is -2.31. The van der Waals surface area contributed by atoms with Crippen LogP contribution in [0.5, 0.6) is 0 Å². The van der Waals surface area contributed by atoms with Crippen molar-refractivity contribution in [3.8, 4) is 0 Å². The molecule has 1 saturated heterocycles. The van der Waals surface area contributed by atoms with Gasteiger partial charge in [-0.25, -0.2) is 4.98 Å². The van der Waals surface area contributed by atoms with Gasteiger partial charge in [0.1, 0.15) is 0 Å². The fraction of sp³-hybridized carbons (Fsp3) is 0.650. The topological polar surface area (TPSA) is 65.7 Å². The Morgan fingerprint density at radius 3 is 2.81 bits per heavy atom. The molecule has 0 aliphatic carbocycles. The number of pyridine rings is 1. The maximum Gasteiger partial charge on any atom is 0.258 e. The second kappa shape index (κ2) is 8.35. The Morgan fingerprint density at radius 1 is 1.33 bits per heavy atom. The summed E-state index contributed by atoms with van der Waals surface area (Å²) in [5.41, 5.74) is 2.57. The molecule has 0 bridgehead atoms. The Bertz CT molecular complexity index is 801. The second-order valence-electron chi connectivity index (χ2n) is 7.74. The number of amides is 1. The lowest BCUT2D eigenvalue weighted by Crippen LogP contribution is -2.45. The minimum Gasteiger partial charge on any atom is -0.336 e. The van der Waals surface area contributed by atoms with E-state index in [4.69, 9.17) is 4.52 Å². The molecule has 27 heavy (non-hydrogen) atoms. The van der Waals surface area contributed by atoms with Crippen molar-refractivity contribution in [2.24, 2.45) is 0 Å². The van der Waals surface area contributed by atoms with Gasteiger partial charge in [-0.05, 0) is 59.9 Å². The molecule has 0 radical (unpaired) electrons. The lowest BCUT2D eigenvalue weighted by atomic mass is 10.1. The fourth-order valence-electron chi connectivity index (χ4n) is 3.93. The van der Waals surface area contributed by atoms with Crippen LogP contribution >= 0.6 is 0 Å². The first-order valence-corrected chi connectivity index (χ1v) is 9.82. The normalized spacial score (nSPS) is 17.9. The van der Waals surface area contributed by atoms with Crippen LogP contribution in [0, 0.1) is 13.8 Å². The van der Waals surface area contributed by atoms with Crippen molar-refractivity contribution in [2.45, 2.75) is 39.7 Å². The lowest BCUT2D eigenvalue weighted by molar-refractivity contribution is 0.0696. The number of hydrogen-bond acceptors (Lipinski definition) is 6. The highest BCUT2D eigenvalue weighted by Crippen LogP contribution is 2.24. The molecule has 1 aliphatic heterocycles. The number of carbonyl (C=O) groups excluding carboxylic acids is 1. The Morgan fingerprint density at radius 2 is 2.11 bits per heavy atom. The summed E-state index contributed by atoms with van der Waals surface area (Å²) in [4.78, 5) is 24.5. The van der Waals surface area contributed by atoms with Gasteiger partial charge in [-0.1, -0.05) is 12.1 Å². The maximum absolute atomic E-state index is 13.5. The Hall–Kier alpha value is -1.99. The molecule has 3 rings (SSSR count). The summed E-state index contributed by atoms with van der Waals surface area (Å²) in [5.74, 6) is 0.0432. The average Bonchev–Trinajstić information content (AvgIpc) is 3.23. The number of likely N-dealkylation sites (tertiary alicyclic amines) is 1. The SMILES string of the molecule is CCN1CCC[C@H]1CN(CCN(C)C)C(=O)c1cc(C)nc2onc(C)c12. The van der Waals surface area contributed by atoms with Gasteiger partial charge in [0.15, 0.2) is 0 Å². The van der Waals surface area contributed by atoms with E-state index in [-0.39, 0.29) is 5.91 Å². The first kappa shape index (κ1) is 19.8. The highest BCUT2D eigenvalue weighted by molar-refractivity contribution is 6.06. The molecule has 1 atom stereocenters. The van der Waals surface area contributed by atoms with E-state index < -0.39 is 0 Å². The molecule has 3 heterocycles. The molecule has 1 fully saturated rings. The molecule has 7 nitrogen and oxygen atoms in total. The predicted octanol–water partition coefficient (Wildman–Crippen LogP) is 2.33. The predicted molar refractivity (Wildman–Crippen MR) is 106 cm³/mol. The highest BCUT2D eigenvalue weighted by Gasteiger charge is 2.29. The van der Waals surface area contributed by atoms with E-state index in [2.05, 4.69) is 26.9 Å². The number of carbonyl (C=O) groups is 1. The van der Waals surface area contributed by atoms with Crippen molar-refractivity contribution in [2.75, 3.05) is 46.8 Å². The van der Waals surface area contributed by atoms with E-state index in [9.17, 15) is 4.79 Å². The largest absolute Gasteiger partial charge is 0.336 e. The number of hydrogen-bond donors (Lipinski definition) is 0. The molecule has 1 amide bonds. The summed E-state index contributed by atoms with van der Waals surface area (Å²) < 4.78 is 5.32. The quantitative estimate of drug-likeness (QED) is 0.742. The number of rotatable bonds is 7. The summed E-state index contributed by atoms with van der Waals surface area (Å²) in [6.07, 6.45) is 2.36. The van der Waals surface area contributed by atoms with Crippen LogP contribution in [0.15, 0.2) is 10.6 Å². The smallest absolute Gasteiger partial charge is 0.258 e. The van der Waals surface area contributed by atoms with Crippen molar-refractivity contribution in [1.82, 2.24) is 24.8 Å². The van der Waals surface area contributed by atoms with Crippen molar-refractivity contribution < 1.29 is 9.32 Å². The zero-order valence-electron chi connectivity index (χ0n) is 17.2. The van der Waals surface area contributed by atoms with Gasteiger partial charge in [0.2, 0.25) is 0 Å². The van der Waals surface area contributed by atoms with E-state index in [0.717, 1.165) is 43.7 Å². The van der Waals surface area contributed by atoms with Gasteiger partial charge >= 0.3 is 0 Å². The summed E-state index contributed by atoms with van der Waals surface area (Å²) in [6, 6.07) is 2.30. The highest BCUT2D eigenvalue weighted by atomic mass is 16.5. The molecule has 7 heteroatoms. The Balaban J connectivity index is 1.91. The third-order valence-electron chi connectivity index (χ3n) is 5.42. The first-order chi connectivity index (χ1) is 12.9. The van der Waals surface area contributed by atoms with Crippen LogP contribution in [-0.4, -0.2) is 83.6 Å². The van der Waals surface area contributed by atoms with Crippen LogP contribution in [0.4, 0.5) is 0 Å². The molecule has 148 valence electrons. The monoisotopic (exact) mass is 373 g/mol. The molecule has 0 spiro atoms. The molecule has 0 unspecified atom stereocenters. The van der Waals surface area contributed by atoms with Crippen LogP contribution in [0.1, 0.15) is 41.5 Å². The number of aryl methyl sites for hydroxylation is 2. The molecular formula is C20H31N5O2. The molecule has 2 aromatic heterocycles. The third-order valence-corrected chi connectivity index (χ3v) is 5.42. The van der Waals surface area contributed by atoms with E-state index in [0.29, 0.717) is 29.6 Å². The summed E-state index contributed by atoms with van der Waals surface area (Å²) in [6.45, 7) is 10.4. The van der Waals surface area contributed by atoms with E-state index >= 15 is 0 Å². The Labute approximate surface area is 161 Å². The first-order valence-electron chi connectivity index (χ1n) is 9.82. The summed E-state index contributed by atoms with van der Waals surface area (Å²) in [5, 5.41) is 4.75. The second-order valence-corrected chi connectivity index (χ2v) is 7.74. The maximum atomic E-state index is 13.5. The number of fused-ring (bicyclic) bond motifs is 1. The molecule has 2 aromatic rings. The average molecular weight is 374 g/mol. The third kappa shape index (κ3) is 4.30. The van der Waals surface area contributed by atoms with Crippen LogP contribution in [-0.2, 0) is 0 Å². The fourth-order valence-corrected chi connectivity index (χ4v) is 3.93. The summed E-state index contributed by atoms with van der Waals surface area (Å²) >= 11 is 0. The van der Waals surface area contributed by atoms with Crippen LogP contribution in [0.25, 0.3) is 11.1 Å². The van der Waals surface area contributed by atoms with Crippen LogP contribution in [0.2, 0.25) is 0 Å². The van der Waals surface area contributed by atoms with Crippen LogP contribution in [0.3, 0.4) is 0 Å². The van der Waals surface area contributed by atoms with Gasteiger partial charge < -0.3 is 14.3 Å². The number of likely N-dealkylation sites (N-methyl/N-ethyl adjacent to an activating group) is 2. The van der Waals surface area contributed by atoms with Gasteiger partial charge in [-0.15, -0.1) is 0 Å². The zero-order chi connectivity index (χ0) is 19.6. The molecular weight excluding hydrogens is 342 g/mol. The standard InChI is InChI=1S/C20H31N5O2/c1-6-24-9-7-8-16(24)13-25(11-10-23(4)5)20(26)17-12-14(2)21-19-18(17)15(3)22-27-19/h12,16H,6-11,13H2,1-5H3/t16-/m0/s1. The van der Waals surface area contributed by atoms with Crippen LogP contribution < -0.4 is 0 Å². The summed E-state index contributed by atoms with van der Waals surface area (Å²) in [7, 11) is 4.07. The van der Waals surface area contributed by atoms with Crippen molar-refractivity contribution in [3.05, 3.63) is 23.0 Å². The van der Waals surface area contributed by atoms with E-state index in [1.165, 1.54) is 6.42 Å². The van der Waals surface area contributed by atoms with Gasteiger partial charge in [0, 0.05) is 31.4 Å². The van der Waals surface area contributed by atoms with E-state index in [1.54, 1.807) is 0 Å². The molecule has 0 N–H and O–H groups in total. The van der Waals surface area contributed by atoms with Crippen molar-refractivity contribution >= 4 is 17.0 Å². The molecule has 0 aromatic carbocycles. The van der Waals surface area contributed by atoms with Gasteiger partial charge in [-0.3, -0.25) is 9.69 Å². The van der Waals surface area contributed by atoms with Gasteiger partial charge in [0.25, 0.3) is 11.6 Å². The number of nitrogens with zero attached hydrogens (tertiary/aromatic N) is 5. The zero-order valence-corrected chi connectivity index (χ0v) is 17.2. The van der Waals surface area contributed by atoms with Crippen molar-refractivity contribution in [1.29, 1.82) is 0 Å². The van der Waals surface area contributed by atoms with Gasteiger partial charge in [-0.2, -0.15) is 0 Å². The van der Waals surface area contributed by atoms with Crippen molar-refractivity contribution in [3.63, 3.8) is 0 Å². The van der Waals surface area contributed by atoms with E-state index in [1.807, 2.05) is 38.9 Å². The minimum atomic E-state index is 0.0432. The minimum absolute atomic E-state index is 0.0432.